The van der Waals surface area contributed by atoms with Crippen molar-refractivity contribution in [2.24, 2.45) is 17.3 Å². The van der Waals surface area contributed by atoms with Crippen LogP contribution in [0.15, 0.2) is 0 Å². The van der Waals surface area contributed by atoms with Crippen molar-refractivity contribution in [3.8, 4) is 0 Å². The summed E-state index contributed by atoms with van der Waals surface area (Å²) in [5.74, 6) is 1.57. The van der Waals surface area contributed by atoms with Gasteiger partial charge in [-0.05, 0) is 56.7 Å². The van der Waals surface area contributed by atoms with E-state index in [1.54, 1.807) is 0 Å². The van der Waals surface area contributed by atoms with Crippen LogP contribution in [-0.2, 0) is 0 Å². The van der Waals surface area contributed by atoms with Crippen molar-refractivity contribution in [3.05, 3.63) is 0 Å². The van der Waals surface area contributed by atoms with Gasteiger partial charge in [0.15, 0.2) is 0 Å². The molecular formula is C15H32N2. The lowest BCUT2D eigenvalue weighted by molar-refractivity contribution is 0.220. The maximum Gasteiger partial charge on any atom is 0.000803 e. The van der Waals surface area contributed by atoms with E-state index in [2.05, 4.69) is 31.4 Å². The minimum absolute atomic E-state index is 0.619. The van der Waals surface area contributed by atoms with Crippen LogP contribution < -0.4 is 10.6 Å². The molecule has 0 saturated heterocycles. The first-order valence-electron chi connectivity index (χ1n) is 7.43. The summed E-state index contributed by atoms with van der Waals surface area (Å²) in [5, 5.41) is 6.97. The molecule has 1 aliphatic carbocycles. The van der Waals surface area contributed by atoms with Gasteiger partial charge in [-0.1, -0.05) is 33.6 Å². The Labute approximate surface area is 108 Å². The molecule has 2 N–H and O–H groups in total. The Kier molecular flexibility index (Phi) is 6.50. The molecule has 1 rings (SSSR count). The van der Waals surface area contributed by atoms with Gasteiger partial charge in [0.2, 0.25) is 0 Å². The van der Waals surface area contributed by atoms with Crippen molar-refractivity contribution in [1.82, 2.24) is 10.6 Å². The summed E-state index contributed by atoms with van der Waals surface area (Å²) in [6.07, 6.45) is 7.18. The molecule has 2 heteroatoms. The van der Waals surface area contributed by atoms with E-state index in [0.717, 1.165) is 24.9 Å². The summed E-state index contributed by atoms with van der Waals surface area (Å²) in [5.41, 5.74) is 0.619. The minimum atomic E-state index is 0.619. The highest BCUT2D eigenvalue weighted by Crippen LogP contribution is 2.42. The number of hydrogen-bond donors (Lipinski definition) is 2. The van der Waals surface area contributed by atoms with Gasteiger partial charge >= 0.3 is 0 Å². The van der Waals surface area contributed by atoms with E-state index in [4.69, 9.17) is 0 Å². The molecule has 17 heavy (non-hydrogen) atoms. The van der Waals surface area contributed by atoms with Crippen molar-refractivity contribution in [1.29, 1.82) is 0 Å². The average Bonchev–Trinajstić information content (AvgIpc) is 2.66. The largest absolute Gasteiger partial charge is 0.319 e. The summed E-state index contributed by atoms with van der Waals surface area (Å²) < 4.78 is 0. The van der Waals surface area contributed by atoms with Gasteiger partial charge in [-0.25, -0.2) is 0 Å². The second kappa shape index (κ2) is 7.38. The highest BCUT2D eigenvalue weighted by atomic mass is 14.9. The molecule has 1 aliphatic rings. The molecule has 1 unspecified atom stereocenters. The molecule has 1 fully saturated rings. The Morgan fingerprint density at radius 3 is 2.24 bits per heavy atom. The molecule has 0 radical (unpaired) electrons. The van der Waals surface area contributed by atoms with E-state index in [1.165, 1.54) is 38.6 Å². The van der Waals surface area contributed by atoms with Crippen LogP contribution in [0.3, 0.4) is 0 Å². The number of rotatable bonds is 8. The molecule has 0 bridgehead atoms. The smallest absolute Gasteiger partial charge is 0.000803 e. The van der Waals surface area contributed by atoms with Gasteiger partial charge in [0.1, 0.15) is 0 Å². The maximum atomic E-state index is 3.72. The predicted molar refractivity (Wildman–Crippen MR) is 76.3 cm³/mol. The van der Waals surface area contributed by atoms with Crippen LogP contribution in [0.1, 0.15) is 52.9 Å². The molecule has 1 saturated carbocycles. The summed E-state index contributed by atoms with van der Waals surface area (Å²) in [4.78, 5) is 0. The number of nitrogens with one attached hydrogen (secondary N) is 2. The molecule has 0 amide bonds. The highest BCUT2D eigenvalue weighted by molar-refractivity contribution is 4.87. The van der Waals surface area contributed by atoms with Gasteiger partial charge in [-0.15, -0.1) is 0 Å². The zero-order valence-electron chi connectivity index (χ0n) is 12.3. The third kappa shape index (κ3) is 5.39. The summed E-state index contributed by atoms with van der Waals surface area (Å²) >= 11 is 0. The number of hydrogen-bond acceptors (Lipinski definition) is 2. The third-order valence-electron chi connectivity index (χ3n) is 4.05. The average molecular weight is 240 g/mol. The fourth-order valence-electron chi connectivity index (χ4n) is 3.45. The molecule has 1 atom stereocenters. The van der Waals surface area contributed by atoms with Crippen molar-refractivity contribution in [3.63, 3.8) is 0 Å². The van der Waals surface area contributed by atoms with Crippen LogP contribution >= 0.6 is 0 Å². The first-order valence-corrected chi connectivity index (χ1v) is 7.43. The summed E-state index contributed by atoms with van der Waals surface area (Å²) in [7, 11) is 2.04. The van der Waals surface area contributed by atoms with E-state index < -0.39 is 0 Å². The van der Waals surface area contributed by atoms with Gasteiger partial charge in [0, 0.05) is 6.54 Å². The summed E-state index contributed by atoms with van der Waals surface area (Å²) in [6, 6.07) is 0. The zero-order chi connectivity index (χ0) is 12.7. The van der Waals surface area contributed by atoms with Crippen LogP contribution in [0.4, 0.5) is 0 Å². The quantitative estimate of drug-likeness (QED) is 0.681. The van der Waals surface area contributed by atoms with Crippen molar-refractivity contribution in [2.45, 2.75) is 52.9 Å². The van der Waals surface area contributed by atoms with Crippen LogP contribution in [0.25, 0.3) is 0 Å². The first kappa shape index (κ1) is 15.0. The van der Waals surface area contributed by atoms with Crippen LogP contribution in [0, 0.1) is 17.3 Å². The van der Waals surface area contributed by atoms with Crippen molar-refractivity contribution in [2.75, 3.05) is 26.7 Å². The molecule has 0 aromatic heterocycles. The Bertz CT molecular complexity index is 195. The molecule has 0 aromatic rings. The van der Waals surface area contributed by atoms with E-state index >= 15 is 0 Å². The Hall–Kier alpha value is -0.0800. The lowest BCUT2D eigenvalue weighted by Gasteiger charge is -2.32. The molecule has 0 aliphatic heterocycles. The van der Waals surface area contributed by atoms with Crippen molar-refractivity contribution < 1.29 is 0 Å². The Balaban J connectivity index is 2.30. The SMILES string of the molecule is CNCC(C)CNCC1(CC(C)C)CCCC1. The maximum absolute atomic E-state index is 3.72. The topological polar surface area (TPSA) is 24.1 Å². The molecule has 2 nitrogen and oxygen atoms in total. The van der Waals surface area contributed by atoms with Crippen LogP contribution in [0.2, 0.25) is 0 Å². The molecule has 0 aromatic carbocycles. The standard InChI is InChI=1S/C15H32N2/c1-13(2)9-15(7-5-6-8-15)12-17-11-14(3)10-16-4/h13-14,16-17H,5-12H2,1-4H3. The van der Waals surface area contributed by atoms with Gasteiger partial charge in [-0.2, -0.15) is 0 Å². The lowest BCUT2D eigenvalue weighted by atomic mass is 9.78. The second-order valence-electron chi connectivity index (χ2n) is 6.60. The molecular weight excluding hydrogens is 208 g/mol. The van der Waals surface area contributed by atoms with Crippen molar-refractivity contribution >= 4 is 0 Å². The monoisotopic (exact) mass is 240 g/mol. The van der Waals surface area contributed by atoms with Gasteiger partial charge in [-0.3, -0.25) is 0 Å². The van der Waals surface area contributed by atoms with Crippen LogP contribution in [0.5, 0.6) is 0 Å². The van der Waals surface area contributed by atoms with Gasteiger partial charge in [0.05, 0.1) is 0 Å². The minimum Gasteiger partial charge on any atom is -0.319 e. The van der Waals surface area contributed by atoms with E-state index in [9.17, 15) is 0 Å². The van der Waals surface area contributed by atoms with Gasteiger partial charge in [0.25, 0.3) is 0 Å². The summed E-state index contributed by atoms with van der Waals surface area (Å²) in [6.45, 7) is 10.5. The Morgan fingerprint density at radius 2 is 1.71 bits per heavy atom. The molecule has 0 heterocycles. The van der Waals surface area contributed by atoms with E-state index in [-0.39, 0.29) is 0 Å². The molecule has 102 valence electrons. The van der Waals surface area contributed by atoms with Gasteiger partial charge < -0.3 is 10.6 Å². The highest BCUT2D eigenvalue weighted by Gasteiger charge is 2.33. The lowest BCUT2D eigenvalue weighted by Crippen LogP contribution is -2.37. The molecule has 0 spiro atoms. The fourth-order valence-corrected chi connectivity index (χ4v) is 3.45. The van der Waals surface area contributed by atoms with Crippen LogP contribution in [-0.4, -0.2) is 26.7 Å². The first-order chi connectivity index (χ1) is 8.08. The predicted octanol–water partition coefficient (Wildman–Crippen LogP) is 3.04. The zero-order valence-corrected chi connectivity index (χ0v) is 12.3. The fraction of sp³-hybridized carbons (Fsp3) is 1.00. The second-order valence-corrected chi connectivity index (χ2v) is 6.60. The Morgan fingerprint density at radius 1 is 1.06 bits per heavy atom. The van der Waals surface area contributed by atoms with E-state index in [1.807, 2.05) is 7.05 Å². The third-order valence-corrected chi connectivity index (χ3v) is 4.05. The van der Waals surface area contributed by atoms with E-state index in [0.29, 0.717) is 5.41 Å². The normalized spacial score (nSPS) is 21.0.